The molecule has 0 radical (unpaired) electrons. The molecule has 12 heavy (non-hydrogen) atoms. The lowest BCUT2D eigenvalue weighted by molar-refractivity contribution is 0.0703. The molecule has 0 atom stereocenters. The second kappa shape index (κ2) is 3.19. The average Bonchev–Trinajstić information content (AvgIpc) is 2.03. The highest BCUT2D eigenvalue weighted by atomic mass is 19.1. The van der Waals surface area contributed by atoms with E-state index in [2.05, 4.69) is 0 Å². The third-order valence-corrected chi connectivity index (χ3v) is 1.31. The van der Waals surface area contributed by atoms with Crippen LogP contribution in [-0.2, 0) is 0 Å². The Hall–Kier alpha value is -1.62. The van der Waals surface area contributed by atoms with Crippen LogP contribution in [0.1, 0.15) is 10.4 Å². The number of carbonyl (C=O) groups excluding carboxylic acids is 1. The Morgan fingerprint density at radius 3 is 2.67 bits per heavy atom. The van der Waals surface area contributed by atoms with E-state index in [1.165, 1.54) is 5.48 Å². The number of nitrogens with one attached hydrogen (secondary N) is 1. The lowest BCUT2D eigenvalue weighted by Crippen LogP contribution is -2.18. The maximum Gasteiger partial charge on any atom is 0.278 e. The number of phenols is 1. The molecule has 0 aromatic heterocycles. The number of hydroxylamine groups is 1. The van der Waals surface area contributed by atoms with Crippen LogP contribution in [-0.4, -0.2) is 16.2 Å². The normalized spacial score (nSPS) is 9.50. The van der Waals surface area contributed by atoms with Crippen LogP contribution >= 0.6 is 0 Å². The van der Waals surface area contributed by atoms with E-state index in [1.54, 1.807) is 0 Å². The lowest BCUT2D eigenvalue weighted by atomic mass is 10.2. The van der Waals surface area contributed by atoms with Crippen LogP contribution in [0.25, 0.3) is 0 Å². The number of hydrogen-bond acceptors (Lipinski definition) is 3. The van der Waals surface area contributed by atoms with E-state index < -0.39 is 17.5 Å². The Morgan fingerprint density at radius 2 is 2.17 bits per heavy atom. The van der Waals surface area contributed by atoms with E-state index in [4.69, 9.17) is 10.3 Å². The van der Waals surface area contributed by atoms with Gasteiger partial charge < -0.3 is 5.11 Å². The molecule has 0 saturated heterocycles. The quantitative estimate of drug-likeness (QED) is 0.429. The fourth-order valence-electron chi connectivity index (χ4n) is 0.757. The summed E-state index contributed by atoms with van der Waals surface area (Å²) in [5.74, 6) is -2.05. The molecular weight excluding hydrogens is 165 g/mol. The second-order valence-corrected chi connectivity index (χ2v) is 2.10. The first-order valence-corrected chi connectivity index (χ1v) is 3.08. The maximum absolute atomic E-state index is 12.4. The summed E-state index contributed by atoms with van der Waals surface area (Å²) in [5.41, 5.74) is 1.14. The van der Waals surface area contributed by atoms with Crippen molar-refractivity contribution in [3.8, 4) is 5.75 Å². The summed E-state index contributed by atoms with van der Waals surface area (Å²) < 4.78 is 12.4. The van der Waals surface area contributed by atoms with Gasteiger partial charge in [0.1, 0.15) is 11.6 Å². The van der Waals surface area contributed by atoms with Gasteiger partial charge in [-0.1, -0.05) is 0 Å². The minimum absolute atomic E-state index is 0.182. The van der Waals surface area contributed by atoms with Gasteiger partial charge in [0.2, 0.25) is 0 Å². The minimum atomic E-state index is -0.882. The summed E-state index contributed by atoms with van der Waals surface area (Å²) >= 11 is 0. The van der Waals surface area contributed by atoms with Crippen molar-refractivity contribution < 1.29 is 19.5 Å². The SMILES string of the molecule is O=C(NO)c1ccc(F)cc1O. The van der Waals surface area contributed by atoms with Crippen molar-refractivity contribution in [3.05, 3.63) is 29.6 Å². The topological polar surface area (TPSA) is 69.6 Å². The summed E-state index contributed by atoms with van der Waals surface area (Å²) in [7, 11) is 0. The predicted octanol–water partition coefficient (Wildman–Crippen LogP) is 0.650. The Bertz CT molecular complexity index is 314. The monoisotopic (exact) mass is 171 g/mol. The van der Waals surface area contributed by atoms with E-state index in [9.17, 15) is 9.18 Å². The molecule has 5 heteroatoms. The van der Waals surface area contributed by atoms with Gasteiger partial charge in [-0.15, -0.1) is 0 Å². The van der Waals surface area contributed by atoms with E-state index >= 15 is 0 Å². The Kier molecular flexibility index (Phi) is 2.25. The zero-order valence-electron chi connectivity index (χ0n) is 5.91. The van der Waals surface area contributed by atoms with Crippen molar-refractivity contribution in [2.45, 2.75) is 0 Å². The van der Waals surface area contributed by atoms with Crippen LogP contribution in [0.15, 0.2) is 18.2 Å². The third-order valence-electron chi connectivity index (χ3n) is 1.31. The lowest BCUT2D eigenvalue weighted by Gasteiger charge is -2.00. The molecule has 0 heterocycles. The zero-order valence-corrected chi connectivity index (χ0v) is 5.91. The molecule has 0 unspecified atom stereocenters. The van der Waals surface area contributed by atoms with E-state index in [-0.39, 0.29) is 5.56 Å². The van der Waals surface area contributed by atoms with Crippen LogP contribution in [0.4, 0.5) is 4.39 Å². The first-order chi connectivity index (χ1) is 5.65. The highest BCUT2D eigenvalue weighted by Gasteiger charge is 2.09. The van der Waals surface area contributed by atoms with Gasteiger partial charge >= 0.3 is 0 Å². The molecule has 0 bridgehead atoms. The number of benzene rings is 1. The van der Waals surface area contributed by atoms with Crippen LogP contribution in [0, 0.1) is 5.82 Å². The molecule has 3 N–H and O–H groups in total. The Morgan fingerprint density at radius 1 is 1.50 bits per heavy atom. The predicted molar refractivity (Wildman–Crippen MR) is 37.3 cm³/mol. The van der Waals surface area contributed by atoms with Gasteiger partial charge in [0.25, 0.3) is 5.91 Å². The standard InChI is InChI=1S/C7H6FNO3/c8-4-1-2-5(6(10)3-4)7(11)9-12/h1-3,10,12H,(H,9,11). The van der Waals surface area contributed by atoms with Gasteiger partial charge in [-0.3, -0.25) is 10.0 Å². The molecule has 0 aliphatic heterocycles. The minimum Gasteiger partial charge on any atom is -0.507 e. The molecule has 1 amide bonds. The summed E-state index contributed by atoms with van der Waals surface area (Å²) in [6.45, 7) is 0. The number of hydrogen-bond donors (Lipinski definition) is 3. The van der Waals surface area contributed by atoms with Crippen molar-refractivity contribution in [1.82, 2.24) is 5.48 Å². The molecular formula is C7H6FNO3. The summed E-state index contributed by atoms with van der Waals surface area (Å²) in [5, 5.41) is 17.2. The average molecular weight is 171 g/mol. The number of halogens is 1. The van der Waals surface area contributed by atoms with Crippen molar-refractivity contribution in [3.63, 3.8) is 0 Å². The molecule has 0 saturated carbocycles. The second-order valence-electron chi connectivity index (χ2n) is 2.10. The number of rotatable bonds is 1. The molecule has 0 aliphatic carbocycles. The number of carbonyl (C=O) groups is 1. The Labute approximate surface area is 67.2 Å². The van der Waals surface area contributed by atoms with Gasteiger partial charge in [0.05, 0.1) is 5.56 Å². The fraction of sp³-hybridized carbons (Fsp3) is 0. The van der Waals surface area contributed by atoms with Gasteiger partial charge in [-0.25, -0.2) is 9.87 Å². The van der Waals surface area contributed by atoms with Crippen molar-refractivity contribution in [2.24, 2.45) is 0 Å². The first-order valence-electron chi connectivity index (χ1n) is 3.08. The van der Waals surface area contributed by atoms with Crippen molar-refractivity contribution >= 4 is 5.91 Å². The smallest absolute Gasteiger partial charge is 0.278 e. The van der Waals surface area contributed by atoms with Gasteiger partial charge in [-0.05, 0) is 12.1 Å². The summed E-state index contributed by atoms with van der Waals surface area (Å²) in [6.07, 6.45) is 0. The van der Waals surface area contributed by atoms with Crippen LogP contribution in [0.3, 0.4) is 0 Å². The highest BCUT2D eigenvalue weighted by Crippen LogP contribution is 2.17. The van der Waals surface area contributed by atoms with Crippen molar-refractivity contribution in [1.29, 1.82) is 0 Å². The number of amides is 1. The van der Waals surface area contributed by atoms with Gasteiger partial charge in [0.15, 0.2) is 0 Å². The zero-order chi connectivity index (χ0) is 9.14. The molecule has 64 valence electrons. The summed E-state index contributed by atoms with van der Waals surface area (Å²) in [6, 6.07) is 2.85. The van der Waals surface area contributed by atoms with Crippen LogP contribution < -0.4 is 5.48 Å². The number of aromatic hydroxyl groups is 1. The molecule has 0 aliphatic rings. The largest absolute Gasteiger partial charge is 0.507 e. The molecule has 1 aromatic rings. The number of phenolic OH excluding ortho intramolecular Hbond substituents is 1. The summed E-state index contributed by atoms with van der Waals surface area (Å²) in [4.78, 5) is 10.7. The molecule has 1 rings (SSSR count). The fourth-order valence-corrected chi connectivity index (χ4v) is 0.757. The maximum atomic E-state index is 12.4. The molecule has 4 nitrogen and oxygen atoms in total. The molecule has 0 spiro atoms. The van der Waals surface area contributed by atoms with Crippen molar-refractivity contribution in [2.75, 3.05) is 0 Å². The Balaban J connectivity index is 3.09. The molecule has 1 aromatic carbocycles. The van der Waals surface area contributed by atoms with E-state index in [0.29, 0.717) is 0 Å². The van der Waals surface area contributed by atoms with Crippen LogP contribution in [0.2, 0.25) is 0 Å². The van der Waals surface area contributed by atoms with Gasteiger partial charge in [-0.2, -0.15) is 0 Å². The third kappa shape index (κ3) is 1.51. The first kappa shape index (κ1) is 8.48. The van der Waals surface area contributed by atoms with E-state index in [1.807, 2.05) is 0 Å². The van der Waals surface area contributed by atoms with Gasteiger partial charge in [0, 0.05) is 6.07 Å². The molecule has 0 fully saturated rings. The van der Waals surface area contributed by atoms with Crippen LogP contribution in [0.5, 0.6) is 5.75 Å². The van der Waals surface area contributed by atoms with E-state index in [0.717, 1.165) is 18.2 Å². The highest BCUT2D eigenvalue weighted by molar-refractivity contribution is 5.95.